The number of rotatable bonds is 5. The molecular weight excluding hydrogens is 192 g/mol. The maximum absolute atomic E-state index is 5.81. The molecule has 1 aromatic rings. The van der Waals surface area contributed by atoms with Gasteiger partial charge in [-0.2, -0.15) is 5.10 Å². The largest absolute Gasteiger partial charge is 0.387 e. The van der Waals surface area contributed by atoms with E-state index in [1.807, 2.05) is 10.9 Å². The van der Waals surface area contributed by atoms with E-state index in [1.165, 1.54) is 12.8 Å². The molecule has 1 aliphatic rings. The van der Waals surface area contributed by atoms with Crippen LogP contribution in [0.1, 0.15) is 12.8 Å². The van der Waals surface area contributed by atoms with Crippen LogP contribution in [0.15, 0.2) is 17.4 Å². The van der Waals surface area contributed by atoms with E-state index in [9.17, 15) is 0 Å². The Kier molecular flexibility index (Phi) is 3.01. The van der Waals surface area contributed by atoms with Gasteiger partial charge in [0.2, 0.25) is 0 Å². The van der Waals surface area contributed by atoms with Crippen molar-refractivity contribution in [3.8, 4) is 0 Å². The van der Waals surface area contributed by atoms with Crippen molar-refractivity contribution in [1.82, 2.24) is 9.78 Å². The van der Waals surface area contributed by atoms with Gasteiger partial charge in [0.05, 0.1) is 25.5 Å². The quantitative estimate of drug-likeness (QED) is 0.578. The topological polar surface area (TPSA) is 65.4 Å². The molecule has 0 radical (unpaired) electrons. The molecule has 82 valence electrons. The van der Waals surface area contributed by atoms with Gasteiger partial charge in [0.15, 0.2) is 0 Å². The molecule has 5 heteroatoms. The molecule has 0 spiro atoms. The highest BCUT2D eigenvalue weighted by Gasteiger charge is 2.25. The van der Waals surface area contributed by atoms with Crippen molar-refractivity contribution in [2.75, 3.05) is 13.7 Å². The van der Waals surface area contributed by atoms with Gasteiger partial charge in [-0.1, -0.05) is 0 Å². The van der Waals surface area contributed by atoms with E-state index in [-0.39, 0.29) is 0 Å². The fourth-order valence-electron chi connectivity index (χ4n) is 1.34. The highest BCUT2D eigenvalue weighted by molar-refractivity contribution is 5.87. The van der Waals surface area contributed by atoms with Gasteiger partial charge in [-0.25, -0.2) is 4.99 Å². The number of aromatic nitrogens is 2. The number of amidine groups is 1. The predicted molar refractivity (Wildman–Crippen MR) is 58.1 cm³/mol. The number of methoxy groups -OCH3 is 1. The summed E-state index contributed by atoms with van der Waals surface area (Å²) in [4.78, 5) is 4.32. The zero-order valence-corrected chi connectivity index (χ0v) is 8.89. The molecule has 0 saturated heterocycles. The summed E-state index contributed by atoms with van der Waals surface area (Å²) in [6.45, 7) is 1.40. The maximum atomic E-state index is 5.81. The second kappa shape index (κ2) is 4.44. The summed E-state index contributed by atoms with van der Waals surface area (Å²) in [7, 11) is 1.67. The average Bonchev–Trinajstić information content (AvgIpc) is 2.99. The van der Waals surface area contributed by atoms with Crippen molar-refractivity contribution < 1.29 is 4.74 Å². The molecule has 0 atom stereocenters. The normalized spacial score (nSPS) is 17.0. The van der Waals surface area contributed by atoms with E-state index in [1.54, 1.807) is 13.3 Å². The lowest BCUT2D eigenvalue weighted by molar-refractivity contribution is 0.183. The number of aliphatic imine (C=N–C) groups is 1. The number of hydrogen-bond acceptors (Lipinski definition) is 3. The summed E-state index contributed by atoms with van der Waals surface area (Å²) in [5.41, 5.74) is 6.64. The summed E-state index contributed by atoms with van der Waals surface area (Å²) in [5, 5.41) is 4.16. The molecule has 2 rings (SSSR count). The van der Waals surface area contributed by atoms with Crippen LogP contribution in [0.3, 0.4) is 0 Å². The molecule has 2 N–H and O–H groups in total. The zero-order valence-electron chi connectivity index (χ0n) is 8.89. The fraction of sp³-hybridized carbons (Fsp3) is 0.600. The minimum atomic E-state index is 0.507. The molecule has 0 aromatic carbocycles. The Labute approximate surface area is 88.9 Å². The monoisotopic (exact) mass is 208 g/mol. The van der Waals surface area contributed by atoms with Crippen molar-refractivity contribution in [2.45, 2.75) is 19.4 Å². The molecule has 0 aliphatic heterocycles. The first-order valence-corrected chi connectivity index (χ1v) is 5.15. The SMILES string of the molecule is COCCn1cc(N=C(N)C2CC2)cn1. The second-order valence-electron chi connectivity index (χ2n) is 3.77. The van der Waals surface area contributed by atoms with Gasteiger partial charge in [-0.3, -0.25) is 4.68 Å². The Bertz CT molecular complexity index is 354. The minimum absolute atomic E-state index is 0.507. The summed E-state index contributed by atoms with van der Waals surface area (Å²) in [6.07, 6.45) is 5.96. The molecule has 0 amide bonds. The molecule has 15 heavy (non-hydrogen) atoms. The van der Waals surface area contributed by atoms with Gasteiger partial charge in [0, 0.05) is 13.0 Å². The van der Waals surface area contributed by atoms with E-state index in [2.05, 4.69) is 10.1 Å². The Morgan fingerprint density at radius 2 is 2.53 bits per heavy atom. The van der Waals surface area contributed by atoms with Crippen LogP contribution >= 0.6 is 0 Å². The molecule has 5 nitrogen and oxygen atoms in total. The molecule has 0 unspecified atom stereocenters. The van der Waals surface area contributed by atoms with Crippen LogP contribution in [-0.4, -0.2) is 29.3 Å². The highest BCUT2D eigenvalue weighted by atomic mass is 16.5. The lowest BCUT2D eigenvalue weighted by atomic mass is 10.4. The number of ether oxygens (including phenoxy) is 1. The third kappa shape index (κ3) is 2.79. The lowest BCUT2D eigenvalue weighted by Gasteiger charge is -1.97. The summed E-state index contributed by atoms with van der Waals surface area (Å²) >= 11 is 0. The molecule has 1 aromatic heterocycles. The Balaban J connectivity index is 1.96. The summed E-state index contributed by atoms with van der Waals surface area (Å²) in [5.74, 6) is 1.24. The van der Waals surface area contributed by atoms with Crippen molar-refractivity contribution in [3.63, 3.8) is 0 Å². The first-order valence-electron chi connectivity index (χ1n) is 5.15. The summed E-state index contributed by atoms with van der Waals surface area (Å²) < 4.78 is 6.77. The van der Waals surface area contributed by atoms with E-state index in [0.717, 1.165) is 18.1 Å². The number of nitrogens with two attached hydrogens (primary N) is 1. The van der Waals surface area contributed by atoms with Gasteiger partial charge < -0.3 is 10.5 Å². The van der Waals surface area contributed by atoms with Crippen LogP contribution in [0, 0.1) is 5.92 Å². The lowest BCUT2D eigenvalue weighted by Crippen LogP contribution is -2.12. The maximum Gasteiger partial charge on any atom is 0.103 e. The molecule has 1 saturated carbocycles. The summed E-state index contributed by atoms with van der Waals surface area (Å²) in [6, 6.07) is 0. The first-order chi connectivity index (χ1) is 7.29. The molecule has 1 heterocycles. The third-order valence-corrected chi connectivity index (χ3v) is 2.40. The van der Waals surface area contributed by atoms with Gasteiger partial charge in [-0.15, -0.1) is 0 Å². The van der Waals surface area contributed by atoms with Crippen molar-refractivity contribution in [2.24, 2.45) is 16.6 Å². The Morgan fingerprint density at radius 1 is 1.73 bits per heavy atom. The second-order valence-corrected chi connectivity index (χ2v) is 3.77. The van der Waals surface area contributed by atoms with Crippen molar-refractivity contribution >= 4 is 11.5 Å². The zero-order chi connectivity index (χ0) is 10.7. The van der Waals surface area contributed by atoms with Crippen LogP contribution < -0.4 is 5.73 Å². The van der Waals surface area contributed by atoms with Crippen molar-refractivity contribution in [1.29, 1.82) is 0 Å². The molecule has 0 bridgehead atoms. The smallest absolute Gasteiger partial charge is 0.103 e. The molecule has 1 aliphatic carbocycles. The minimum Gasteiger partial charge on any atom is -0.387 e. The highest BCUT2D eigenvalue weighted by Crippen LogP contribution is 2.29. The third-order valence-electron chi connectivity index (χ3n) is 2.40. The van der Waals surface area contributed by atoms with Gasteiger partial charge in [0.25, 0.3) is 0 Å². The van der Waals surface area contributed by atoms with Crippen LogP contribution in [0.4, 0.5) is 5.69 Å². The Morgan fingerprint density at radius 3 is 3.20 bits per heavy atom. The average molecular weight is 208 g/mol. The van der Waals surface area contributed by atoms with Crippen LogP contribution in [0.25, 0.3) is 0 Å². The van der Waals surface area contributed by atoms with Gasteiger partial charge >= 0.3 is 0 Å². The molecular formula is C10H16N4O. The van der Waals surface area contributed by atoms with Crippen LogP contribution in [0.2, 0.25) is 0 Å². The van der Waals surface area contributed by atoms with E-state index < -0.39 is 0 Å². The Hall–Kier alpha value is -1.36. The van der Waals surface area contributed by atoms with Gasteiger partial charge in [-0.05, 0) is 12.8 Å². The van der Waals surface area contributed by atoms with Gasteiger partial charge in [0.1, 0.15) is 11.5 Å². The molecule has 1 fully saturated rings. The number of hydrogen-bond donors (Lipinski definition) is 1. The van der Waals surface area contributed by atoms with E-state index in [4.69, 9.17) is 10.5 Å². The first kappa shape index (κ1) is 10.2. The van der Waals surface area contributed by atoms with E-state index >= 15 is 0 Å². The fourth-order valence-corrected chi connectivity index (χ4v) is 1.34. The van der Waals surface area contributed by atoms with Crippen molar-refractivity contribution in [3.05, 3.63) is 12.4 Å². The van der Waals surface area contributed by atoms with E-state index in [0.29, 0.717) is 12.5 Å². The standard InChI is InChI=1S/C10H16N4O/c1-15-5-4-14-7-9(6-12-14)13-10(11)8-2-3-8/h6-8H,2-5H2,1H3,(H2,11,13). The number of nitrogens with zero attached hydrogens (tertiary/aromatic N) is 3. The predicted octanol–water partition coefficient (Wildman–Crippen LogP) is 0.928. The van der Waals surface area contributed by atoms with Crippen LogP contribution in [0.5, 0.6) is 0 Å². The van der Waals surface area contributed by atoms with Crippen LogP contribution in [-0.2, 0) is 11.3 Å².